The minimum absolute atomic E-state index is 0.0363. The molecule has 1 unspecified atom stereocenters. The van der Waals surface area contributed by atoms with E-state index >= 15 is 0 Å². The molecular formula is C12H22I2O2. The Bertz CT molecular complexity index is 174. The zero-order valence-electron chi connectivity index (χ0n) is 10.0. The molecule has 0 aromatic heterocycles. The van der Waals surface area contributed by atoms with E-state index in [-0.39, 0.29) is 9.89 Å². The highest BCUT2D eigenvalue weighted by atomic mass is 127. The van der Waals surface area contributed by atoms with Crippen molar-refractivity contribution >= 4 is 51.2 Å². The number of rotatable bonds is 10. The van der Waals surface area contributed by atoms with Gasteiger partial charge in [-0.15, -0.1) is 0 Å². The van der Waals surface area contributed by atoms with Gasteiger partial charge >= 0.3 is 5.97 Å². The van der Waals surface area contributed by atoms with Crippen molar-refractivity contribution in [3.05, 3.63) is 0 Å². The fraction of sp³-hybridized carbons (Fsp3) is 0.917. The van der Waals surface area contributed by atoms with E-state index in [1.807, 2.05) is 0 Å². The maximum absolute atomic E-state index is 11.4. The predicted molar refractivity (Wildman–Crippen MR) is 85.6 cm³/mol. The van der Waals surface area contributed by atoms with Crippen LogP contribution in [0.15, 0.2) is 0 Å². The molecule has 0 radical (unpaired) electrons. The lowest BCUT2D eigenvalue weighted by Gasteiger charge is -2.08. The number of halogens is 2. The monoisotopic (exact) mass is 452 g/mol. The maximum Gasteiger partial charge on any atom is 0.318 e. The number of ether oxygens (including phenoxy) is 1. The molecule has 0 heterocycles. The maximum atomic E-state index is 11.4. The van der Waals surface area contributed by atoms with Gasteiger partial charge in [0.25, 0.3) is 0 Å². The van der Waals surface area contributed by atoms with Crippen LogP contribution in [0.25, 0.3) is 0 Å². The molecule has 1 atom stereocenters. The van der Waals surface area contributed by atoms with E-state index in [0.29, 0.717) is 6.61 Å². The molecule has 0 saturated heterocycles. The highest BCUT2D eigenvalue weighted by molar-refractivity contribution is 14.1. The summed E-state index contributed by atoms with van der Waals surface area (Å²) in [4.78, 5) is 11.4. The summed E-state index contributed by atoms with van der Waals surface area (Å²) in [5.41, 5.74) is 0. The van der Waals surface area contributed by atoms with Crippen LogP contribution in [0, 0.1) is 0 Å². The Morgan fingerprint density at radius 2 is 1.81 bits per heavy atom. The SMILES string of the molecule is CCCCCCCCOC(=O)C(I)CCI. The van der Waals surface area contributed by atoms with Crippen LogP contribution in [-0.4, -0.2) is 20.9 Å². The number of alkyl halides is 2. The van der Waals surface area contributed by atoms with Gasteiger partial charge in [-0.3, -0.25) is 4.79 Å². The molecule has 0 fully saturated rings. The van der Waals surface area contributed by atoms with Crippen LogP contribution < -0.4 is 0 Å². The first-order valence-electron chi connectivity index (χ1n) is 6.09. The summed E-state index contributed by atoms with van der Waals surface area (Å²) < 4.78 is 6.26. The van der Waals surface area contributed by atoms with Crippen LogP contribution >= 0.6 is 45.2 Å². The van der Waals surface area contributed by atoms with E-state index in [2.05, 4.69) is 52.1 Å². The first-order chi connectivity index (χ1) is 7.72. The number of hydrogen-bond acceptors (Lipinski definition) is 2. The van der Waals surface area contributed by atoms with E-state index in [1.165, 1.54) is 32.1 Å². The summed E-state index contributed by atoms with van der Waals surface area (Å²) in [5, 5.41) is 0. The van der Waals surface area contributed by atoms with E-state index in [0.717, 1.165) is 17.3 Å². The van der Waals surface area contributed by atoms with Crippen LogP contribution in [0.3, 0.4) is 0 Å². The Morgan fingerprint density at radius 3 is 2.44 bits per heavy atom. The molecule has 0 aliphatic heterocycles. The second-order valence-corrected chi connectivity index (χ2v) is 6.46. The van der Waals surface area contributed by atoms with Gasteiger partial charge in [0.2, 0.25) is 0 Å². The molecule has 0 N–H and O–H groups in total. The van der Waals surface area contributed by atoms with Crippen molar-refractivity contribution in [1.82, 2.24) is 0 Å². The molecule has 16 heavy (non-hydrogen) atoms. The number of esters is 1. The quantitative estimate of drug-likeness (QED) is 0.211. The molecule has 0 saturated carbocycles. The number of carbonyl (C=O) groups is 1. The third-order valence-corrected chi connectivity index (χ3v) is 4.11. The Labute approximate surface area is 127 Å². The van der Waals surface area contributed by atoms with Crippen molar-refractivity contribution < 1.29 is 9.53 Å². The van der Waals surface area contributed by atoms with Gasteiger partial charge in [-0.1, -0.05) is 84.2 Å². The highest BCUT2D eigenvalue weighted by Crippen LogP contribution is 2.11. The smallest absolute Gasteiger partial charge is 0.318 e. The summed E-state index contributed by atoms with van der Waals surface area (Å²) >= 11 is 4.45. The van der Waals surface area contributed by atoms with Gasteiger partial charge in [0.15, 0.2) is 0 Å². The molecule has 0 aliphatic rings. The molecule has 0 bridgehead atoms. The third kappa shape index (κ3) is 10.1. The van der Waals surface area contributed by atoms with Crippen LogP contribution in [0.1, 0.15) is 51.9 Å². The normalized spacial score (nSPS) is 12.4. The lowest BCUT2D eigenvalue weighted by atomic mass is 10.1. The minimum atomic E-state index is -0.0363. The second kappa shape index (κ2) is 12.4. The molecule has 0 rings (SSSR count). The van der Waals surface area contributed by atoms with Crippen molar-refractivity contribution in [3.63, 3.8) is 0 Å². The lowest BCUT2D eigenvalue weighted by Crippen LogP contribution is -2.18. The average Bonchev–Trinajstić information content (AvgIpc) is 2.28. The van der Waals surface area contributed by atoms with Gasteiger partial charge < -0.3 is 4.74 Å². The summed E-state index contributed by atoms with van der Waals surface area (Å²) in [6.45, 7) is 2.82. The molecule has 4 heteroatoms. The Balaban J connectivity index is 3.27. The number of carbonyl (C=O) groups excluding carboxylic acids is 1. The Hall–Kier alpha value is 0.930. The van der Waals surface area contributed by atoms with Gasteiger partial charge in [0, 0.05) is 4.43 Å². The molecule has 0 amide bonds. The molecule has 96 valence electrons. The van der Waals surface area contributed by atoms with Gasteiger partial charge in [-0.05, 0) is 12.8 Å². The summed E-state index contributed by atoms with van der Waals surface area (Å²) in [6, 6.07) is 0. The standard InChI is InChI=1S/C12H22I2O2/c1-2-3-4-5-6-7-10-16-12(15)11(14)8-9-13/h11H,2-10H2,1H3. The molecule has 0 aromatic rings. The first-order valence-corrected chi connectivity index (χ1v) is 8.86. The van der Waals surface area contributed by atoms with Gasteiger partial charge in [-0.25, -0.2) is 0 Å². The van der Waals surface area contributed by atoms with Gasteiger partial charge in [0.05, 0.1) is 6.61 Å². The van der Waals surface area contributed by atoms with E-state index in [4.69, 9.17) is 4.74 Å². The molecule has 0 spiro atoms. The average molecular weight is 452 g/mol. The van der Waals surface area contributed by atoms with Crippen molar-refractivity contribution in [2.24, 2.45) is 0 Å². The molecule has 2 nitrogen and oxygen atoms in total. The summed E-state index contributed by atoms with van der Waals surface area (Å²) in [5.74, 6) is -0.0363. The van der Waals surface area contributed by atoms with Gasteiger partial charge in [-0.2, -0.15) is 0 Å². The van der Waals surface area contributed by atoms with Crippen LogP contribution in [0.5, 0.6) is 0 Å². The molecular weight excluding hydrogens is 430 g/mol. The zero-order chi connectivity index (χ0) is 12.2. The van der Waals surface area contributed by atoms with Crippen LogP contribution in [0.4, 0.5) is 0 Å². The largest absolute Gasteiger partial charge is 0.465 e. The number of hydrogen-bond donors (Lipinski definition) is 0. The molecule has 0 aliphatic carbocycles. The molecule has 0 aromatic carbocycles. The second-order valence-electron chi connectivity index (χ2n) is 3.88. The fourth-order valence-corrected chi connectivity index (χ4v) is 3.66. The summed E-state index contributed by atoms with van der Waals surface area (Å²) in [7, 11) is 0. The highest BCUT2D eigenvalue weighted by Gasteiger charge is 2.14. The lowest BCUT2D eigenvalue weighted by molar-refractivity contribution is -0.142. The predicted octanol–water partition coefficient (Wildman–Crippen LogP) is 4.52. The van der Waals surface area contributed by atoms with Crippen LogP contribution in [-0.2, 0) is 9.53 Å². The fourth-order valence-electron chi connectivity index (χ4n) is 1.36. The van der Waals surface area contributed by atoms with Crippen molar-refractivity contribution in [2.45, 2.75) is 55.8 Å². The van der Waals surface area contributed by atoms with Crippen molar-refractivity contribution in [3.8, 4) is 0 Å². The number of unbranched alkanes of at least 4 members (excludes halogenated alkanes) is 5. The van der Waals surface area contributed by atoms with Crippen molar-refractivity contribution in [1.29, 1.82) is 0 Å². The Kier molecular flexibility index (Phi) is 13.1. The van der Waals surface area contributed by atoms with E-state index in [9.17, 15) is 4.79 Å². The van der Waals surface area contributed by atoms with E-state index < -0.39 is 0 Å². The topological polar surface area (TPSA) is 26.3 Å². The first kappa shape index (κ1) is 16.9. The summed E-state index contributed by atoms with van der Waals surface area (Å²) in [6.07, 6.45) is 8.30. The van der Waals surface area contributed by atoms with Crippen molar-refractivity contribution in [2.75, 3.05) is 11.0 Å². The zero-order valence-corrected chi connectivity index (χ0v) is 14.3. The third-order valence-electron chi connectivity index (χ3n) is 2.36. The Morgan fingerprint density at radius 1 is 1.19 bits per heavy atom. The van der Waals surface area contributed by atoms with Crippen LogP contribution in [0.2, 0.25) is 0 Å². The minimum Gasteiger partial charge on any atom is -0.465 e. The van der Waals surface area contributed by atoms with E-state index in [1.54, 1.807) is 0 Å². The van der Waals surface area contributed by atoms with Gasteiger partial charge in [0.1, 0.15) is 3.92 Å².